The van der Waals surface area contributed by atoms with E-state index in [0.717, 1.165) is 0 Å². The number of carbonyl (C=O) groups excluding carboxylic acids is 2. The zero-order valence-electron chi connectivity index (χ0n) is 8.25. The molecular weight excluding hydrogens is 192 g/mol. The van der Waals surface area contributed by atoms with Gasteiger partial charge in [-0.2, -0.15) is 0 Å². The lowest BCUT2D eigenvalue weighted by atomic mass is 10.3. The van der Waals surface area contributed by atoms with Crippen LogP contribution in [-0.2, 0) is 22.9 Å². The molecule has 0 aromatic heterocycles. The highest BCUT2D eigenvalue weighted by molar-refractivity contribution is 6.92. The van der Waals surface area contributed by atoms with Crippen LogP contribution in [0.15, 0.2) is 0 Å². The highest BCUT2D eigenvalue weighted by atomic mass is 28.4. The van der Waals surface area contributed by atoms with Crippen molar-refractivity contribution < 1.29 is 22.9 Å². The van der Waals surface area contributed by atoms with E-state index < -0.39 is 14.2 Å². The van der Waals surface area contributed by atoms with Crippen molar-refractivity contribution in [1.82, 2.24) is 0 Å². The molecule has 0 atom stereocenters. The van der Waals surface area contributed by atoms with Crippen LogP contribution in [0.4, 0.5) is 0 Å². The molecule has 0 aliphatic heterocycles. The molecule has 13 heavy (non-hydrogen) atoms. The van der Waals surface area contributed by atoms with Crippen LogP contribution in [0.3, 0.4) is 0 Å². The van der Waals surface area contributed by atoms with Crippen LogP contribution in [0.2, 0.25) is 0 Å². The van der Waals surface area contributed by atoms with E-state index in [0.29, 0.717) is 0 Å². The summed E-state index contributed by atoms with van der Waals surface area (Å²) in [4.78, 5) is 22.1. The lowest BCUT2D eigenvalue weighted by molar-refractivity contribution is -0.125. The Morgan fingerprint density at radius 3 is 1.69 bits per heavy atom. The molecule has 0 fully saturated rings. The molecule has 0 N–H and O–H groups in total. The second-order valence-electron chi connectivity index (χ2n) is 2.47. The molecule has 0 aliphatic carbocycles. The van der Waals surface area contributed by atoms with Crippen LogP contribution < -0.4 is 0 Å². The molecule has 0 aromatic carbocycles. The Morgan fingerprint density at radius 2 is 1.46 bits per heavy atom. The van der Waals surface area contributed by atoms with Crippen LogP contribution in [0.1, 0.15) is 13.3 Å². The summed E-state index contributed by atoms with van der Waals surface area (Å²) in [5.41, 5.74) is 0. The van der Waals surface area contributed by atoms with E-state index in [-0.39, 0.29) is 12.2 Å². The van der Waals surface area contributed by atoms with E-state index in [9.17, 15) is 9.59 Å². The van der Waals surface area contributed by atoms with Crippen molar-refractivity contribution in [3.63, 3.8) is 0 Å². The number of carbonyl (C=O) groups is 2. The molecule has 76 valence electrons. The van der Waals surface area contributed by atoms with Gasteiger partial charge in [0.05, 0.1) is 6.42 Å². The molecule has 0 rings (SSSR count). The molecule has 6 heteroatoms. The van der Waals surface area contributed by atoms with E-state index in [1.807, 2.05) is 0 Å². The van der Waals surface area contributed by atoms with Crippen molar-refractivity contribution in [3.05, 3.63) is 0 Å². The molecule has 0 bridgehead atoms. The predicted octanol–water partition coefficient (Wildman–Crippen LogP) is -0.0481. The first-order valence-electron chi connectivity index (χ1n) is 3.70. The monoisotopic (exact) mass is 206 g/mol. The molecule has 0 aliphatic rings. The lowest BCUT2D eigenvalue weighted by Gasteiger charge is -2.21. The van der Waals surface area contributed by atoms with Crippen LogP contribution >= 0.6 is 0 Å². The number of ketones is 1. The average Bonchev–Trinajstić information content (AvgIpc) is 2.07. The van der Waals surface area contributed by atoms with Crippen LogP contribution in [0, 0.1) is 0 Å². The van der Waals surface area contributed by atoms with Gasteiger partial charge in [-0.3, -0.25) is 9.59 Å². The van der Waals surface area contributed by atoms with E-state index in [1.54, 1.807) is 0 Å². The molecule has 0 radical (unpaired) electrons. The summed E-state index contributed by atoms with van der Waals surface area (Å²) in [5.74, 6) is -0.229. The zero-order valence-corrected chi connectivity index (χ0v) is 9.25. The fraction of sp³-hybridized carbons (Fsp3) is 0.714. The first-order valence-corrected chi connectivity index (χ1v) is 5.43. The van der Waals surface area contributed by atoms with Crippen LogP contribution in [0.5, 0.6) is 0 Å². The number of rotatable bonds is 6. The highest BCUT2D eigenvalue weighted by Gasteiger charge is 2.47. The fourth-order valence-corrected chi connectivity index (χ4v) is 2.57. The fourth-order valence-electron chi connectivity index (χ4n) is 0.926. The first-order chi connectivity index (χ1) is 6.02. The quantitative estimate of drug-likeness (QED) is 0.450. The maximum atomic E-state index is 11.4. The smallest absolute Gasteiger partial charge is 0.372 e. The van der Waals surface area contributed by atoms with Crippen molar-refractivity contribution in [3.8, 4) is 0 Å². The molecule has 0 spiro atoms. The molecule has 5 nitrogen and oxygen atoms in total. The van der Waals surface area contributed by atoms with Gasteiger partial charge in [0.15, 0.2) is 0 Å². The molecule has 0 heterocycles. The summed E-state index contributed by atoms with van der Waals surface area (Å²) in [7, 11) is 0.749. The Bertz CT molecular complexity index is 191. The maximum absolute atomic E-state index is 11.4. The van der Waals surface area contributed by atoms with Gasteiger partial charge in [-0.1, -0.05) is 0 Å². The lowest BCUT2D eigenvalue weighted by Crippen LogP contribution is -2.52. The van der Waals surface area contributed by atoms with Gasteiger partial charge in [-0.25, -0.2) is 0 Å². The van der Waals surface area contributed by atoms with Gasteiger partial charge in [0.1, 0.15) is 5.78 Å². The summed E-state index contributed by atoms with van der Waals surface area (Å²) in [5, 5.41) is -0.410. The molecular formula is C7H14O5Si. The standard InChI is InChI=1S/C7H14O5Si/c1-6(8)5-7(9)13(10-2,11-3)12-4/h5H2,1-4H3. The van der Waals surface area contributed by atoms with Gasteiger partial charge < -0.3 is 13.3 Å². The molecule has 0 aromatic rings. The molecule has 0 saturated carbocycles. The van der Waals surface area contributed by atoms with E-state index in [1.165, 1.54) is 28.3 Å². The van der Waals surface area contributed by atoms with Crippen molar-refractivity contribution in [2.24, 2.45) is 0 Å². The number of Topliss-reactive ketones (excluding diaryl/α,β-unsaturated/α-hetero) is 1. The van der Waals surface area contributed by atoms with Crippen LogP contribution in [-0.4, -0.2) is 41.3 Å². The average molecular weight is 206 g/mol. The number of hydrogen-bond donors (Lipinski definition) is 0. The third-order valence-corrected chi connectivity index (χ3v) is 4.03. The summed E-state index contributed by atoms with van der Waals surface area (Å²) >= 11 is 0. The molecule has 0 unspecified atom stereocenters. The second-order valence-corrected chi connectivity index (χ2v) is 5.37. The largest absolute Gasteiger partial charge is 0.574 e. The van der Waals surface area contributed by atoms with Gasteiger partial charge in [-0.15, -0.1) is 0 Å². The Balaban J connectivity index is 4.53. The molecule has 0 amide bonds. The minimum Gasteiger partial charge on any atom is -0.372 e. The molecule has 0 saturated heterocycles. The number of hydrogen-bond acceptors (Lipinski definition) is 5. The third-order valence-electron chi connectivity index (χ3n) is 1.56. The van der Waals surface area contributed by atoms with E-state index in [2.05, 4.69) is 0 Å². The van der Waals surface area contributed by atoms with Gasteiger partial charge >= 0.3 is 8.80 Å². The second kappa shape index (κ2) is 5.23. The Kier molecular flexibility index (Phi) is 5.00. The minimum absolute atomic E-state index is 0.207. The summed E-state index contributed by atoms with van der Waals surface area (Å²) in [6.07, 6.45) is -0.207. The van der Waals surface area contributed by atoms with Gasteiger partial charge in [0, 0.05) is 21.3 Å². The Morgan fingerprint density at radius 1 is 1.08 bits per heavy atom. The van der Waals surface area contributed by atoms with E-state index >= 15 is 0 Å². The third kappa shape index (κ3) is 3.00. The normalized spacial score (nSPS) is 11.4. The summed E-state index contributed by atoms with van der Waals surface area (Å²) < 4.78 is 14.7. The van der Waals surface area contributed by atoms with Crippen molar-refractivity contribution in [1.29, 1.82) is 0 Å². The van der Waals surface area contributed by atoms with Crippen LogP contribution in [0.25, 0.3) is 0 Å². The Hall–Kier alpha value is -0.563. The summed E-state index contributed by atoms with van der Waals surface area (Å²) in [6, 6.07) is 0. The van der Waals surface area contributed by atoms with Gasteiger partial charge in [0.25, 0.3) is 0 Å². The van der Waals surface area contributed by atoms with E-state index in [4.69, 9.17) is 13.3 Å². The highest BCUT2D eigenvalue weighted by Crippen LogP contribution is 2.09. The SMILES string of the molecule is CO[Si](OC)(OC)C(=O)CC(C)=O. The van der Waals surface area contributed by atoms with Gasteiger partial charge in [0.2, 0.25) is 5.41 Å². The summed E-state index contributed by atoms with van der Waals surface area (Å²) in [6.45, 7) is 1.33. The van der Waals surface area contributed by atoms with Crippen molar-refractivity contribution >= 4 is 20.0 Å². The zero-order chi connectivity index (χ0) is 10.5. The van der Waals surface area contributed by atoms with Crippen molar-refractivity contribution in [2.75, 3.05) is 21.3 Å². The van der Waals surface area contributed by atoms with Crippen molar-refractivity contribution in [2.45, 2.75) is 13.3 Å². The Labute approximate surface area is 78.3 Å². The first kappa shape index (κ1) is 12.4. The van der Waals surface area contributed by atoms with Gasteiger partial charge in [-0.05, 0) is 6.92 Å². The topological polar surface area (TPSA) is 61.8 Å². The predicted molar refractivity (Wildman–Crippen MR) is 47.1 cm³/mol. The maximum Gasteiger partial charge on any atom is 0.574 e. The minimum atomic E-state index is -3.24.